The highest BCUT2D eigenvalue weighted by atomic mass is 79.9. The van der Waals surface area contributed by atoms with Crippen LogP contribution in [0.4, 0.5) is 23.1 Å². The summed E-state index contributed by atoms with van der Waals surface area (Å²) in [6.07, 6.45) is 3.47. The largest absolute Gasteiger partial charge is 0.339 e. The molecular formula is C21H15BrN6. The highest BCUT2D eigenvalue weighted by Gasteiger charge is 2.05. The predicted molar refractivity (Wildman–Crippen MR) is 113 cm³/mol. The van der Waals surface area contributed by atoms with E-state index in [0.29, 0.717) is 22.9 Å². The average Bonchev–Trinajstić information content (AvgIpc) is 2.71. The molecule has 0 unspecified atom stereocenters. The van der Waals surface area contributed by atoms with Gasteiger partial charge in [0.05, 0.1) is 23.4 Å². The Kier molecular flexibility index (Phi) is 6.01. The fourth-order valence-corrected chi connectivity index (χ4v) is 2.88. The smallest absolute Gasteiger partial charge is 0.229 e. The molecule has 136 valence electrons. The number of rotatable bonds is 5. The van der Waals surface area contributed by atoms with Crippen LogP contribution in [0.15, 0.2) is 64.8 Å². The first-order valence-electron chi connectivity index (χ1n) is 8.32. The van der Waals surface area contributed by atoms with Crippen LogP contribution in [0.1, 0.15) is 18.1 Å². The van der Waals surface area contributed by atoms with Gasteiger partial charge in [-0.15, -0.1) is 0 Å². The van der Waals surface area contributed by atoms with Gasteiger partial charge in [0.15, 0.2) is 0 Å². The molecule has 0 aliphatic rings. The Balaban J connectivity index is 1.75. The molecule has 3 aromatic rings. The zero-order chi connectivity index (χ0) is 19.9. The summed E-state index contributed by atoms with van der Waals surface area (Å²) < 4.78 is 0.854. The second-order valence-electron chi connectivity index (χ2n) is 5.88. The van der Waals surface area contributed by atoms with Crippen molar-refractivity contribution in [2.24, 2.45) is 0 Å². The van der Waals surface area contributed by atoms with Crippen molar-refractivity contribution in [3.63, 3.8) is 0 Å². The average molecular weight is 431 g/mol. The number of nitriles is 2. The van der Waals surface area contributed by atoms with E-state index in [1.54, 1.807) is 43.5 Å². The van der Waals surface area contributed by atoms with Crippen molar-refractivity contribution in [3.05, 3.63) is 75.9 Å². The number of nitrogens with one attached hydrogen (secondary N) is 2. The van der Waals surface area contributed by atoms with Gasteiger partial charge in [-0.25, -0.2) is 4.98 Å². The van der Waals surface area contributed by atoms with Gasteiger partial charge in [-0.2, -0.15) is 15.5 Å². The molecule has 2 aromatic carbocycles. The summed E-state index contributed by atoms with van der Waals surface area (Å²) in [5.74, 6) is 1.07. The second-order valence-corrected chi connectivity index (χ2v) is 6.74. The van der Waals surface area contributed by atoms with E-state index in [2.05, 4.69) is 48.7 Å². The minimum absolute atomic E-state index is 0.440. The van der Waals surface area contributed by atoms with Crippen LogP contribution >= 0.6 is 15.9 Å². The van der Waals surface area contributed by atoms with E-state index < -0.39 is 0 Å². The third-order valence-corrected chi connectivity index (χ3v) is 4.40. The second kappa shape index (κ2) is 8.81. The van der Waals surface area contributed by atoms with Crippen LogP contribution < -0.4 is 10.6 Å². The molecular weight excluding hydrogens is 416 g/mol. The maximum absolute atomic E-state index is 8.90. The van der Waals surface area contributed by atoms with Crippen molar-refractivity contribution in [2.45, 2.75) is 6.92 Å². The topological polar surface area (TPSA) is 97.4 Å². The number of benzene rings is 2. The Labute approximate surface area is 171 Å². The van der Waals surface area contributed by atoms with Gasteiger partial charge in [0, 0.05) is 21.9 Å². The quantitative estimate of drug-likeness (QED) is 0.516. The molecule has 0 fully saturated rings. The van der Waals surface area contributed by atoms with Crippen LogP contribution in [-0.4, -0.2) is 9.97 Å². The monoisotopic (exact) mass is 430 g/mol. The minimum atomic E-state index is 0.440. The summed E-state index contributed by atoms with van der Waals surface area (Å²) >= 11 is 3.54. The zero-order valence-corrected chi connectivity index (χ0v) is 16.5. The van der Waals surface area contributed by atoms with Crippen molar-refractivity contribution in [1.82, 2.24) is 9.97 Å². The van der Waals surface area contributed by atoms with E-state index in [0.717, 1.165) is 21.4 Å². The lowest BCUT2D eigenvalue weighted by atomic mass is 10.1. The Bertz CT molecular complexity index is 1110. The van der Waals surface area contributed by atoms with E-state index in [-0.39, 0.29) is 0 Å². The van der Waals surface area contributed by atoms with Crippen LogP contribution in [0.25, 0.3) is 6.08 Å². The van der Waals surface area contributed by atoms with Gasteiger partial charge in [0.2, 0.25) is 5.95 Å². The summed E-state index contributed by atoms with van der Waals surface area (Å²) in [6, 6.07) is 18.8. The highest BCUT2D eigenvalue weighted by Crippen LogP contribution is 2.27. The van der Waals surface area contributed by atoms with Gasteiger partial charge in [0.1, 0.15) is 5.82 Å². The lowest BCUT2D eigenvalue weighted by Gasteiger charge is -2.10. The number of nitrogens with zero attached hydrogens (tertiary/aromatic N) is 4. The van der Waals surface area contributed by atoms with Gasteiger partial charge >= 0.3 is 0 Å². The molecule has 7 heteroatoms. The Hall–Kier alpha value is -3.68. The first-order valence-corrected chi connectivity index (χ1v) is 9.12. The van der Waals surface area contributed by atoms with E-state index in [1.165, 1.54) is 0 Å². The Morgan fingerprint density at radius 3 is 2.54 bits per heavy atom. The van der Waals surface area contributed by atoms with Crippen molar-refractivity contribution < 1.29 is 0 Å². The van der Waals surface area contributed by atoms with Gasteiger partial charge in [-0.05, 0) is 77.0 Å². The SMILES string of the molecule is C/C(C#N)=C\c1ccc(Nc2ccnc(Nc3ccc(C#N)cc3)n2)c(Br)c1. The van der Waals surface area contributed by atoms with Crippen molar-refractivity contribution >= 4 is 45.1 Å². The van der Waals surface area contributed by atoms with E-state index in [4.69, 9.17) is 10.5 Å². The molecule has 28 heavy (non-hydrogen) atoms. The summed E-state index contributed by atoms with van der Waals surface area (Å²) in [5.41, 5.74) is 3.80. The molecule has 0 saturated heterocycles. The molecule has 2 N–H and O–H groups in total. The van der Waals surface area contributed by atoms with Gasteiger partial charge in [0.25, 0.3) is 0 Å². The van der Waals surface area contributed by atoms with Gasteiger partial charge in [-0.3, -0.25) is 0 Å². The van der Waals surface area contributed by atoms with E-state index >= 15 is 0 Å². The number of allylic oxidation sites excluding steroid dienone is 1. The molecule has 0 bridgehead atoms. The van der Waals surface area contributed by atoms with Crippen LogP contribution in [0.3, 0.4) is 0 Å². The summed E-state index contributed by atoms with van der Waals surface area (Å²) in [6.45, 7) is 1.77. The van der Waals surface area contributed by atoms with Crippen LogP contribution in [0, 0.1) is 22.7 Å². The highest BCUT2D eigenvalue weighted by molar-refractivity contribution is 9.10. The number of hydrogen-bond acceptors (Lipinski definition) is 6. The van der Waals surface area contributed by atoms with Crippen LogP contribution in [-0.2, 0) is 0 Å². The molecule has 0 aliphatic carbocycles. The van der Waals surface area contributed by atoms with Gasteiger partial charge in [-0.1, -0.05) is 6.07 Å². The molecule has 1 aromatic heterocycles. The summed E-state index contributed by atoms with van der Waals surface area (Å²) in [4.78, 5) is 8.68. The lowest BCUT2D eigenvalue weighted by molar-refractivity contribution is 1.16. The molecule has 3 rings (SSSR count). The third-order valence-electron chi connectivity index (χ3n) is 3.74. The number of halogens is 1. The molecule has 0 atom stereocenters. The van der Waals surface area contributed by atoms with Crippen molar-refractivity contribution in [2.75, 3.05) is 10.6 Å². The van der Waals surface area contributed by atoms with Crippen molar-refractivity contribution in [1.29, 1.82) is 10.5 Å². The Morgan fingerprint density at radius 2 is 1.86 bits per heavy atom. The fourth-order valence-electron chi connectivity index (χ4n) is 2.39. The molecule has 0 spiro atoms. The lowest BCUT2D eigenvalue weighted by Crippen LogP contribution is -2.00. The molecule has 0 aliphatic heterocycles. The molecule has 6 nitrogen and oxygen atoms in total. The first kappa shape index (κ1) is 19.1. The number of aromatic nitrogens is 2. The number of hydrogen-bond donors (Lipinski definition) is 2. The number of anilines is 4. The molecule has 0 radical (unpaired) electrons. The summed E-state index contributed by atoms with van der Waals surface area (Å²) in [7, 11) is 0. The van der Waals surface area contributed by atoms with Crippen LogP contribution in [0.5, 0.6) is 0 Å². The maximum atomic E-state index is 8.90. The molecule has 0 amide bonds. The normalized spacial score (nSPS) is 10.6. The summed E-state index contributed by atoms with van der Waals surface area (Å²) in [5, 5.41) is 24.1. The molecule has 1 heterocycles. The molecule has 0 saturated carbocycles. The maximum Gasteiger partial charge on any atom is 0.229 e. The first-order chi connectivity index (χ1) is 13.6. The standard InChI is InChI=1S/C21H15BrN6/c1-14(12-23)10-16-4-7-19(18(22)11-16)27-20-8-9-25-21(28-20)26-17-5-2-15(13-24)3-6-17/h2-11H,1H3,(H2,25,26,27,28)/b14-10+. The van der Waals surface area contributed by atoms with E-state index in [1.807, 2.05) is 24.3 Å². The third kappa shape index (κ3) is 4.94. The van der Waals surface area contributed by atoms with E-state index in [9.17, 15) is 0 Å². The van der Waals surface area contributed by atoms with Crippen LogP contribution in [0.2, 0.25) is 0 Å². The van der Waals surface area contributed by atoms with Gasteiger partial charge < -0.3 is 10.6 Å². The Morgan fingerprint density at radius 1 is 1.07 bits per heavy atom. The zero-order valence-electron chi connectivity index (χ0n) is 14.9. The minimum Gasteiger partial charge on any atom is -0.339 e. The predicted octanol–water partition coefficient (Wildman–Crippen LogP) is 5.52. The fraction of sp³-hybridized carbons (Fsp3) is 0.0476. The van der Waals surface area contributed by atoms with Crippen molar-refractivity contribution in [3.8, 4) is 12.1 Å².